The van der Waals surface area contributed by atoms with E-state index in [-0.39, 0.29) is 5.82 Å². The first-order chi connectivity index (χ1) is 10.3. The second-order valence-electron chi connectivity index (χ2n) is 5.04. The van der Waals surface area contributed by atoms with E-state index < -0.39 is 0 Å². The SMILES string of the molecule is COc1ccc2c(c1)CCN2CCOc1cccc(F)c1. The molecule has 4 heteroatoms. The molecule has 0 saturated heterocycles. The van der Waals surface area contributed by atoms with E-state index in [4.69, 9.17) is 9.47 Å². The highest BCUT2D eigenvalue weighted by Gasteiger charge is 2.19. The summed E-state index contributed by atoms with van der Waals surface area (Å²) < 4.78 is 23.9. The molecule has 1 aliphatic rings. The van der Waals surface area contributed by atoms with Crippen molar-refractivity contribution in [3.05, 3.63) is 53.8 Å². The van der Waals surface area contributed by atoms with Crippen LogP contribution in [0.3, 0.4) is 0 Å². The Hall–Kier alpha value is -2.23. The molecule has 0 N–H and O–H groups in total. The Morgan fingerprint density at radius 3 is 2.86 bits per heavy atom. The monoisotopic (exact) mass is 287 g/mol. The third kappa shape index (κ3) is 3.10. The summed E-state index contributed by atoms with van der Waals surface area (Å²) in [5.41, 5.74) is 2.54. The van der Waals surface area contributed by atoms with E-state index in [1.165, 1.54) is 23.4 Å². The molecule has 0 fully saturated rings. The average Bonchev–Trinajstić information content (AvgIpc) is 2.90. The highest BCUT2D eigenvalue weighted by atomic mass is 19.1. The molecule has 0 aliphatic carbocycles. The molecule has 0 spiro atoms. The summed E-state index contributed by atoms with van der Waals surface area (Å²) in [7, 11) is 1.68. The van der Waals surface area contributed by atoms with E-state index in [0.717, 1.165) is 25.3 Å². The predicted molar refractivity (Wildman–Crippen MR) is 80.8 cm³/mol. The van der Waals surface area contributed by atoms with Crippen molar-refractivity contribution in [1.29, 1.82) is 0 Å². The van der Waals surface area contributed by atoms with Gasteiger partial charge in [0.25, 0.3) is 0 Å². The zero-order valence-corrected chi connectivity index (χ0v) is 12.0. The van der Waals surface area contributed by atoms with Crippen LogP contribution in [0.5, 0.6) is 11.5 Å². The summed E-state index contributed by atoms with van der Waals surface area (Å²) in [6, 6.07) is 12.4. The van der Waals surface area contributed by atoms with Gasteiger partial charge in [0.05, 0.1) is 13.7 Å². The lowest BCUT2D eigenvalue weighted by atomic mass is 10.1. The topological polar surface area (TPSA) is 21.7 Å². The van der Waals surface area contributed by atoms with Crippen LogP contribution in [0, 0.1) is 5.82 Å². The quantitative estimate of drug-likeness (QED) is 0.842. The molecule has 1 heterocycles. The minimum atomic E-state index is -0.272. The van der Waals surface area contributed by atoms with Gasteiger partial charge in [0.15, 0.2) is 0 Å². The first-order valence-corrected chi connectivity index (χ1v) is 7.06. The van der Waals surface area contributed by atoms with Gasteiger partial charge in [0.2, 0.25) is 0 Å². The average molecular weight is 287 g/mol. The molecule has 2 aromatic carbocycles. The lowest BCUT2D eigenvalue weighted by Crippen LogP contribution is -2.26. The lowest BCUT2D eigenvalue weighted by Gasteiger charge is -2.19. The van der Waals surface area contributed by atoms with Crippen molar-refractivity contribution >= 4 is 5.69 Å². The first kappa shape index (κ1) is 13.7. The Bertz CT molecular complexity index is 630. The summed E-state index contributed by atoms with van der Waals surface area (Å²) in [4.78, 5) is 2.29. The van der Waals surface area contributed by atoms with Crippen molar-refractivity contribution in [2.45, 2.75) is 6.42 Å². The summed E-state index contributed by atoms with van der Waals surface area (Å²) in [6.45, 7) is 2.31. The van der Waals surface area contributed by atoms with Gasteiger partial charge in [-0.1, -0.05) is 6.07 Å². The lowest BCUT2D eigenvalue weighted by molar-refractivity contribution is 0.323. The fourth-order valence-corrected chi connectivity index (χ4v) is 2.64. The maximum Gasteiger partial charge on any atom is 0.126 e. The second kappa shape index (κ2) is 6.04. The van der Waals surface area contributed by atoms with E-state index in [9.17, 15) is 4.39 Å². The van der Waals surface area contributed by atoms with E-state index in [1.54, 1.807) is 19.2 Å². The van der Waals surface area contributed by atoms with Gasteiger partial charge in [0, 0.05) is 18.3 Å². The molecule has 0 saturated carbocycles. The van der Waals surface area contributed by atoms with Crippen LogP contribution in [-0.2, 0) is 6.42 Å². The summed E-state index contributed by atoms with van der Waals surface area (Å²) in [6.07, 6.45) is 1.02. The standard InChI is InChI=1S/C17H18FNO2/c1-20-15-5-6-17-13(11-15)7-8-19(17)9-10-21-16-4-2-3-14(18)12-16/h2-6,11-12H,7-10H2,1H3. The summed E-state index contributed by atoms with van der Waals surface area (Å²) in [5, 5.41) is 0. The molecule has 0 aromatic heterocycles. The molecule has 110 valence electrons. The van der Waals surface area contributed by atoms with Crippen molar-refractivity contribution < 1.29 is 13.9 Å². The fourth-order valence-electron chi connectivity index (χ4n) is 2.64. The molecule has 21 heavy (non-hydrogen) atoms. The number of hydrogen-bond donors (Lipinski definition) is 0. The molecular weight excluding hydrogens is 269 g/mol. The first-order valence-electron chi connectivity index (χ1n) is 7.06. The third-order valence-electron chi connectivity index (χ3n) is 3.70. The van der Waals surface area contributed by atoms with E-state index in [2.05, 4.69) is 17.0 Å². The number of fused-ring (bicyclic) bond motifs is 1. The Kier molecular flexibility index (Phi) is 3.95. The van der Waals surface area contributed by atoms with Gasteiger partial charge in [-0.15, -0.1) is 0 Å². The number of rotatable bonds is 5. The number of nitrogens with zero attached hydrogens (tertiary/aromatic N) is 1. The summed E-state index contributed by atoms with van der Waals surface area (Å²) in [5.74, 6) is 1.20. The van der Waals surface area contributed by atoms with Crippen molar-refractivity contribution in [2.24, 2.45) is 0 Å². The largest absolute Gasteiger partial charge is 0.497 e. The van der Waals surface area contributed by atoms with Crippen LogP contribution in [0.15, 0.2) is 42.5 Å². The smallest absolute Gasteiger partial charge is 0.126 e. The molecule has 2 aromatic rings. The predicted octanol–water partition coefficient (Wildman–Crippen LogP) is 3.28. The number of anilines is 1. The maximum absolute atomic E-state index is 13.1. The highest BCUT2D eigenvalue weighted by molar-refractivity contribution is 5.60. The number of methoxy groups -OCH3 is 1. The van der Waals surface area contributed by atoms with E-state index in [1.807, 2.05) is 6.07 Å². The maximum atomic E-state index is 13.1. The molecular formula is C17H18FNO2. The molecule has 0 bridgehead atoms. The van der Waals surface area contributed by atoms with Gasteiger partial charge >= 0.3 is 0 Å². The van der Waals surface area contributed by atoms with Crippen molar-refractivity contribution in [2.75, 3.05) is 31.7 Å². The normalized spacial score (nSPS) is 13.1. The molecule has 0 atom stereocenters. The number of halogens is 1. The second-order valence-corrected chi connectivity index (χ2v) is 5.04. The Labute approximate surface area is 123 Å². The van der Waals surface area contributed by atoms with Gasteiger partial charge in [0.1, 0.15) is 23.9 Å². The highest BCUT2D eigenvalue weighted by Crippen LogP contribution is 2.30. The van der Waals surface area contributed by atoms with Crippen LogP contribution in [0.2, 0.25) is 0 Å². The number of benzene rings is 2. The van der Waals surface area contributed by atoms with Crippen LogP contribution in [0.1, 0.15) is 5.56 Å². The zero-order valence-electron chi connectivity index (χ0n) is 12.0. The van der Waals surface area contributed by atoms with Gasteiger partial charge in [-0.2, -0.15) is 0 Å². The van der Waals surface area contributed by atoms with Crippen molar-refractivity contribution in [3.63, 3.8) is 0 Å². The number of hydrogen-bond acceptors (Lipinski definition) is 3. The Morgan fingerprint density at radius 1 is 1.14 bits per heavy atom. The molecule has 0 unspecified atom stereocenters. The molecule has 0 amide bonds. The fraction of sp³-hybridized carbons (Fsp3) is 0.294. The van der Waals surface area contributed by atoms with Crippen LogP contribution >= 0.6 is 0 Å². The van der Waals surface area contributed by atoms with Crippen LogP contribution in [0.25, 0.3) is 0 Å². The molecule has 3 nitrogen and oxygen atoms in total. The van der Waals surface area contributed by atoms with Gasteiger partial charge < -0.3 is 14.4 Å². The molecule has 1 aliphatic heterocycles. The minimum Gasteiger partial charge on any atom is -0.497 e. The molecule has 0 radical (unpaired) electrons. The third-order valence-corrected chi connectivity index (χ3v) is 3.70. The van der Waals surface area contributed by atoms with Crippen molar-refractivity contribution in [3.8, 4) is 11.5 Å². The van der Waals surface area contributed by atoms with Crippen LogP contribution in [0.4, 0.5) is 10.1 Å². The van der Waals surface area contributed by atoms with Crippen LogP contribution < -0.4 is 14.4 Å². The Balaban J connectivity index is 1.58. The van der Waals surface area contributed by atoms with Gasteiger partial charge in [-0.05, 0) is 42.3 Å². The summed E-state index contributed by atoms with van der Waals surface area (Å²) >= 11 is 0. The zero-order chi connectivity index (χ0) is 14.7. The van der Waals surface area contributed by atoms with Gasteiger partial charge in [-0.25, -0.2) is 4.39 Å². The van der Waals surface area contributed by atoms with Crippen LogP contribution in [-0.4, -0.2) is 26.8 Å². The minimum absolute atomic E-state index is 0.272. The number of ether oxygens (including phenoxy) is 2. The van der Waals surface area contributed by atoms with Gasteiger partial charge in [-0.3, -0.25) is 0 Å². The van der Waals surface area contributed by atoms with E-state index >= 15 is 0 Å². The van der Waals surface area contributed by atoms with E-state index in [0.29, 0.717) is 12.4 Å². The molecule has 3 rings (SSSR count). The van der Waals surface area contributed by atoms with Crippen molar-refractivity contribution in [1.82, 2.24) is 0 Å². The Morgan fingerprint density at radius 2 is 2.05 bits per heavy atom.